The molecule has 0 fully saturated rings. The lowest BCUT2D eigenvalue weighted by atomic mass is 10.1. The molecule has 114 valence electrons. The summed E-state index contributed by atoms with van der Waals surface area (Å²) in [7, 11) is 3.33. The lowest BCUT2D eigenvalue weighted by Crippen LogP contribution is -2.14. The summed E-state index contributed by atoms with van der Waals surface area (Å²) in [5.41, 5.74) is 6.28. The molecule has 1 atom stereocenters. The molecule has 1 N–H and O–H groups in total. The first kappa shape index (κ1) is 14.5. The Hall–Kier alpha value is -2.46. The predicted molar refractivity (Wildman–Crippen MR) is 85.7 cm³/mol. The van der Waals surface area contributed by atoms with Crippen molar-refractivity contribution >= 4 is 5.70 Å². The van der Waals surface area contributed by atoms with Crippen LogP contribution in [0.5, 0.6) is 11.5 Å². The lowest BCUT2D eigenvalue weighted by Gasteiger charge is -2.08. The number of ether oxygens (including phenoxy) is 2. The minimum absolute atomic E-state index is 0.0190. The van der Waals surface area contributed by atoms with Crippen molar-refractivity contribution in [3.8, 4) is 11.5 Å². The molecule has 2 aromatic rings. The van der Waals surface area contributed by atoms with E-state index in [1.165, 1.54) is 5.56 Å². The van der Waals surface area contributed by atoms with Crippen molar-refractivity contribution in [2.45, 2.75) is 12.5 Å². The second kappa shape index (κ2) is 6.54. The molecule has 1 aliphatic rings. The van der Waals surface area contributed by atoms with Crippen LogP contribution in [-0.4, -0.2) is 20.3 Å². The molecule has 0 amide bonds. The van der Waals surface area contributed by atoms with E-state index in [2.05, 4.69) is 23.7 Å². The van der Waals surface area contributed by atoms with Crippen molar-refractivity contribution in [3.63, 3.8) is 0 Å². The average molecular weight is 297 g/mol. The molecule has 2 aromatic carbocycles. The quantitative estimate of drug-likeness (QED) is 0.920. The van der Waals surface area contributed by atoms with E-state index < -0.39 is 0 Å². The Labute approximate surface area is 130 Å². The highest BCUT2D eigenvalue weighted by atomic mass is 16.7. The molecule has 3 rings (SSSR count). The standard InChI is InChI=1S/C18H19NO3/c1-20-15-7-3-13(4-8-15)11-17-12-18(19-22-17)14-5-9-16(21-2)10-6-14/h3-10,12,17,19H,11H2,1-2H3. The van der Waals surface area contributed by atoms with Gasteiger partial charge < -0.3 is 9.47 Å². The largest absolute Gasteiger partial charge is 0.497 e. The van der Waals surface area contributed by atoms with Gasteiger partial charge in [-0.1, -0.05) is 12.1 Å². The SMILES string of the molecule is COc1ccc(CC2C=C(c3ccc(OC)cc3)NO2)cc1. The first-order chi connectivity index (χ1) is 10.8. The topological polar surface area (TPSA) is 39.7 Å². The second-order valence-electron chi connectivity index (χ2n) is 5.12. The van der Waals surface area contributed by atoms with Crippen LogP contribution in [0.25, 0.3) is 5.70 Å². The van der Waals surface area contributed by atoms with Crippen molar-refractivity contribution in [1.29, 1.82) is 0 Å². The van der Waals surface area contributed by atoms with Gasteiger partial charge in [0, 0.05) is 6.42 Å². The molecule has 1 aliphatic heterocycles. The fourth-order valence-corrected chi connectivity index (χ4v) is 2.41. The molecule has 0 saturated carbocycles. The van der Waals surface area contributed by atoms with E-state index in [-0.39, 0.29) is 6.10 Å². The average Bonchev–Trinajstić information content (AvgIpc) is 3.04. The normalized spacial score (nSPS) is 16.8. The maximum atomic E-state index is 5.63. The van der Waals surface area contributed by atoms with Crippen molar-refractivity contribution in [2.75, 3.05) is 14.2 Å². The Bertz CT molecular complexity index is 647. The van der Waals surface area contributed by atoms with E-state index in [0.717, 1.165) is 29.2 Å². The van der Waals surface area contributed by atoms with E-state index in [1.54, 1.807) is 14.2 Å². The highest BCUT2D eigenvalue weighted by molar-refractivity contribution is 5.65. The first-order valence-electron chi connectivity index (χ1n) is 7.19. The van der Waals surface area contributed by atoms with E-state index in [4.69, 9.17) is 14.3 Å². The zero-order valence-electron chi connectivity index (χ0n) is 12.7. The monoisotopic (exact) mass is 297 g/mol. The Morgan fingerprint density at radius 1 is 0.909 bits per heavy atom. The van der Waals surface area contributed by atoms with Gasteiger partial charge in [0.05, 0.1) is 19.9 Å². The number of nitrogens with one attached hydrogen (secondary N) is 1. The number of hydroxylamine groups is 1. The Kier molecular flexibility index (Phi) is 4.30. The molecule has 0 saturated heterocycles. The van der Waals surface area contributed by atoms with Crippen molar-refractivity contribution in [1.82, 2.24) is 5.48 Å². The van der Waals surface area contributed by atoms with Crippen LogP contribution >= 0.6 is 0 Å². The van der Waals surface area contributed by atoms with Gasteiger partial charge in [0.15, 0.2) is 0 Å². The Morgan fingerprint density at radius 3 is 2.09 bits per heavy atom. The van der Waals surface area contributed by atoms with Gasteiger partial charge in [-0.3, -0.25) is 10.3 Å². The van der Waals surface area contributed by atoms with Gasteiger partial charge in [-0.05, 0) is 53.6 Å². The molecule has 4 nitrogen and oxygen atoms in total. The molecule has 1 heterocycles. The zero-order chi connectivity index (χ0) is 15.4. The van der Waals surface area contributed by atoms with E-state index in [9.17, 15) is 0 Å². The Morgan fingerprint density at radius 2 is 1.50 bits per heavy atom. The van der Waals surface area contributed by atoms with Gasteiger partial charge in [0.2, 0.25) is 0 Å². The van der Waals surface area contributed by atoms with Crippen LogP contribution in [0.2, 0.25) is 0 Å². The summed E-state index contributed by atoms with van der Waals surface area (Å²) in [5.74, 6) is 1.71. The van der Waals surface area contributed by atoms with Crippen molar-refractivity contribution < 1.29 is 14.3 Å². The smallest absolute Gasteiger partial charge is 0.118 e. The summed E-state index contributed by atoms with van der Waals surface area (Å²) in [5, 5.41) is 0. The van der Waals surface area contributed by atoms with Crippen molar-refractivity contribution in [2.24, 2.45) is 0 Å². The maximum Gasteiger partial charge on any atom is 0.118 e. The number of hydrogen-bond acceptors (Lipinski definition) is 4. The van der Waals surface area contributed by atoms with Crippen molar-refractivity contribution in [3.05, 3.63) is 65.7 Å². The molecule has 0 aliphatic carbocycles. The summed E-state index contributed by atoms with van der Waals surface area (Å²) < 4.78 is 10.3. The molecule has 22 heavy (non-hydrogen) atoms. The van der Waals surface area contributed by atoms with Crippen LogP contribution in [-0.2, 0) is 11.3 Å². The van der Waals surface area contributed by atoms with Crippen LogP contribution in [0.4, 0.5) is 0 Å². The molecule has 0 aromatic heterocycles. The number of rotatable bonds is 5. The van der Waals surface area contributed by atoms with Gasteiger partial charge in [-0.15, -0.1) is 0 Å². The molecular formula is C18H19NO3. The van der Waals surface area contributed by atoms with Gasteiger partial charge in [0.1, 0.15) is 17.6 Å². The van der Waals surface area contributed by atoms with Crippen LogP contribution in [0.1, 0.15) is 11.1 Å². The summed E-state index contributed by atoms with van der Waals surface area (Å²) in [6, 6.07) is 15.9. The predicted octanol–water partition coefficient (Wildman–Crippen LogP) is 3.19. The van der Waals surface area contributed by atoms with Gasteiger partial charge in [-0.2, -0.15) is 0 Å². The molecule has 0 bridgehead atoms. The number of methoxy groups -OCH3 is 2. The van der Waals surface area contributed by atoms with Crippen LogP contribution in [0.15, 0.2) is 54.6 Å². The minimum Gasteiger partial charge on any atom is -0.497 e. The molecule has 4 heteroatoms. The highest BCUT2D eigenvalue weighted by Crippen LogP contribution is 2.23. The van der Waals surface area contributed by atoms with Crippen LogP contribution in [0.3, 0.4) is 0 Å². The lowest BCUT2D eigenvalue weighted by molar-refractivity contribution is 0.0519. The highest BCUT2D eigenvalue weighted by Gasteiger charge is 2.18. The Balaban J connectivity index is 1.67. The molecule has 0 spiro atoms. The molecule has 0 radical (unpaired) electrons. The van der Waals surface area contributed by atoms with E-state index in [1.807, 2.05) is 36.4 Å². The third-order valence-electron chi connectivity index (χ3n) is 3.67. The van der Waals surface area contributed by atoms with E-state index in [0.29, 0.717) is 0 Å². The molecular weight excluding hydrogens is 278 g/mol. The fourth-order valence-electron chi connectivity index (χ4n) is 2.41. The second-order valence-corrected chi connectivity index (χ2v) is 5.12. The van der Waals surface area contributed by atoms with Crippen LogP contribution < -0.4 is 15.0 Å². The number of benzene rings is 2. The third kappa shape index (κ3) is 3.23. The summed E-state index contributed by atoms with van der Waals surface area (Å²) in [6.45, 7) is 0. The maximum absolute atomic E-state index is 5.63. The summed E-state index contributed by atoms with van der Waals surface area (Å²) in [4.78, 5) is 5.63. The summed E-state index contributed by atoms with van der Waals surface area (Å²) in [6.07, 6.45) is 2.94. The third-order valence-corrected chi connectivity index (χ3v) is 3.67. The summed E-state index contributed by atoms with van der Waals surface area (Å²) >= 11 is 0. The first-order valence-corrected chi connectivity index (χ1v) is 7.19. The zero-order valence-corrected chi connectivity index (χ0v) is 12.7. The van der Waals surface area contributed by atoms with Crippen LogP contribution in [0, 0.1) is 0 Å². The van der Waals surface area contributed by atoms with Gasteiger partial charge >= 0.3 is 0 Å². The van der Waals surface area contributed by atoms with E-state index >= 15 is 0 Å². The fraction of sp³-hybridized carbons (Fsp3) is 0.222. The van der Waals surface area contributed by atoms with Gasteiger partial charge in [0.25, 0.3) is 0 Å². The number of hydrogen-bond donors (Lipinski definition) is 1. The molecule has 1 unspecified atom stereocenters. The minimum atomic E-state index is 0.0190. The van der Waals surface area contributed by atoms with Gasteiger partial charge in [-0.25, -0.2) is 0 Å².